The Bertz CT molecular complexity index is 919. The standard InChI is InChI=1S/C14H12O3.C6H6N2O2/c1-17-11-7-8-12(13(15)9-11)14(16)10-5-3-2-4-6-10;9-6(10)2-1-5-3-7-4-8-5/h2-9,15H,1H3;1-4H,(H,7,8)(H,9,10)/b;2-1+. The van der Waals surface area contributed by atoms with Crippen LogP contribution in [0.4, 0.5) is 0 Å². The summed E-state index contributed by atoms with van der Waals surface area (Å²) >= 11 is 0. The fourth-order valence-corrected chi connectivity index (χ4v) is 2.09. The number of methoxy groups -OCH3 is 1. The van der Waals surface area contributed by atoms with E-state index in [4.69, 9.17) is 9.84 Å². The fraction of sp³-hybridized carbons (Fsp3) is 0.0500. The molecule has 138 valence electrons. The van der Waals surface area contributed by atoms with Crippen LogP contribution in [-0.4, -0.2) is 39.0 Å². The van der Waals surface area contributed by atoms with E-state index in [0.717, 1.165) is 6.08 Å². The SMILES string of the molecule is COc1ccc(C(=O)c2ccccc2)c(O)c1.O=C(O)/C=C/c1c[nH]cn1. The smallest absolute Gasteiger partial charge is 0.328 e. The van der Waals surface area contributed by atoms with Crippen LogP contribution in [0.3, 0.4) is 0 Å². The number of aromatic amines is 1. The predicted molar refractivity (Wildman–Crippen MR) is 99.8 cm³/mol. The van der Waals surface area contributed by atoms with Crippen molar-refractivity contribution in [3.05, 3.63) is 84.0 Å². The van der Waals surface area contributed by atoms with E-state index in [1.807, 2.05) is 6.07 Å². The number of carbonyl (C=O) groups excluding carboxylic acids is 1. The van der Waals surface area contributed by atoms with E-state index in [-0.39, 0.29) is 17.1 Å². The van der Waals surface area contributed by atoms with Crippen molar-refractivity contribution in [1.29, 1.82) is 0 Å². The number of H-pyrrole nitrogens is 1. The molecule has 3 rings (SSSR count). The van der Waals surface area contributed by atoms with Crippen molar-refractivity contribution < 1.29 is 24.5 Å². The third kappa shape index (κ3) is 5.86. The fourth-order valence-electron chi connectivity index (χ4n) is 2.09. The molecule has 1 heterocycles. The Morgan fingerprint density at radius 1 is 1.15 bits per heavy atom. The predicted octanol–water partition coefficient (Wildman–Crippen LogP) is 3.14. The van der Waals surface area contributed by atoms with Gasteiger partial charge in [-0.05, 0) is 18.2 Å². The number of phenolic OH excluding ortho intramolecular Hbond substituents is 1. The minimum atomic E-state index is -0.969. The van der Waals surface area contributed by atoms with Crippen LogP contribution in [0.2, 0.25) is 0 Å². The molecule has 3 aromatic rings. The molecule has 0 saturated heterocycles. The monoisotopic (exact) mass is 366 g/mol. The van der Waals surface area contributed by atoms with Gasteiger partial charge < -0.3 is 19.9 Å². The second-order valence-electron chi connectivity index (χ2n) is 5.24. The molecule has 27 heavy (non-hydrogen) atoms. The van der Waals surface area contributed by atoms with Crippen LogP contribution in [0.5, 0.6) is 11.5 Å². The van der Waals surface area contributed by atoms with Gasteiger partial charge in [-0.3, -0.25) is 4.79 Å². The number of hydrogen-bond donors (Lipinski definition) is 3. The molecule has 0 aliphatic rings. The molecule has 3 N–H and O–H groups in total. The van der Waals surface area contributed by atoms with E-state index in [1.165, 1.54) is 25.6 Å². The van der Waals surface area contributed by atoms with E-state index >= 15 is 0 Å². The number of phenols is 1. The van der Waals surface area contributed by atoms with Gasteiger partial charge in [0.15, 0.2) is 5.78 Å². The quantitative estimate of drug-likeness (QED) is 0.472. The van der Waals surface area contributed by atoms with Crippen LogP contribution < -0.4 is 4.74 Å². The Balaban J connectivity index is 0.000000223. The third-order valence-corrected chi connectivity index (χ3v) is 3.40. The zero-order chi connectivity index (χ0) is 19.6. The molecule has 0 aliphatic heterocycles. The van der Waals surface area contributed by atoms with Gasteiger partial charge in [0.1, 0.15) is 11.5 Å². The van der Waals surface area contributed by atoms with Crippen molar-refractivity contribution in [3.63, 3.8) is 0 Å². The molecule has 7 nitrogen and oxygen atoms in total. The summed E-state index contributed by atoms with van der Waals surface area (Å²) in [5, 5.41) is 17.9. The van der Waals surface area contributed by atoms with Gasteiger partial charge in [0.2, 0.25) is 0 Å². The normalized spacial score (nSPS) is 10.1. The largest absolute Gasteiger partial charge is 0.507 e. The molecule has 0 aliphatic carbocycles. The van der Waals surface area contributed by atoms with Crippen LogP contribution in [0.25, 0.3) is 6.08 Å². The van der Waals surface area contributed by atoms with E-state index in [0.29, 0.717) is 17.0 Å². The molecule has 0 bridgehead atoms. The lowest BCUT2D eigenvalue weighted by molar-refractivity contribution is -0.131. The molecule has 0 spiro atoms. The van der Waals surface area contributed by atoms with Gasteiger partial charge >= 0.3 is 5.97 Å². The summed E-state index contributed by atoms with van der Waals surface area (Å²) in [6.45, 7) is 0. The van der Waals surface area contributed by atoms with E-state index in [9.17, 15) is 14.7 Å². The Labute approximate surface area is 155 Å². The zero-order valence-electron chi connectivity index (χ0n) is 14.5. The number of aliphatic carboxylic acids is 1. The van der Waals surface area contributed by atoms with Crippen molar-refractivity contribution in [2.75, 3.05) is 7.11 Å². The highest BCUT2D eigenvalue weighted by atomic mass is 16.5. The van der Waals surface area contributed by atoms with Crippen LogP contribution in [0.15, 0.2) is 67.1 Å². The Hall–Kier alpha value is -3.87. The Morgan fingerprint density at radius 3 is 2.44 bits per heavy atom. The molecule has 1 aromatic heterocycles. The number of carboxylic acid groups (broad SMARTS) is 1. The number of nitrogens with one attached hydrogen (secondary N) is 1. The number of ether oxygens (including phenoxy) is 1. The van der Waals surface area contributed by atoms with Crippen LogP contribution in [0, 0.1) is 0 Å². The molecule has 0 saturated carbocycles. The third-order valence-electron chi connectivity index (χ3n) is 3.40. The number of imidazole rings is 1. The lowest BCUT2D eigenvalue weighted by Gasteiger charge is -2.06. The first-order valence-corrected chi connectivity index (χ1v) is 7.88. The van der Waals surface area contributed by atoms with Gasteiger partial charge in [0.05, 0.1) is 24.7 Å². The van der Waals surface area contributed by atoms with Gasteiger partial charge in [-0.2, -0.15) is 0 Å². The molecular weight excluding hydrogens is 348 g/mol. The summed E-state index contributed by atoms with van der Waals surface area (Å²) in [5.74, 6) is -0.723. The number of nitrogens with zero attached hydrogens (tertiary/aromatic N) is 1. The highest BCUT2D eigenvalue weighted by Crippen LogP contribution is 2.25. The van der Waals surface area contributed by atoms with Crippen LogP contribution in [-0.2, 0) is 4.79 Å². The van der Waals surface area contributed by atoms with Gasteiger partial charge in [-0.1, -0.05) is 30.3 Å². The molecule has 0 radical (unpaired) electrons. The highest BCUT2D eigenvalue weighted by molar-refractivity contribution is 6.10. The van der Waals surface area contributed by atoms with Crippen LogP contribution in [0.1, 0.15) is 21.6 Å². The number of hydrogen-bond acceptors (Lipinski definition) is 5. The molecule has 0 fully saturated rings. The number of carboxylic acids is 1. The Kier molecular flexibility index (Phi) is 6.90. The lowest BCUT2D eigenvalue weighted by Crippen LogP contribution is -2.01. The average molecular weight is 366 g/mol. The van der Waals surface area contributed by atoms with E-state index in [1.54, 1.807) is 42.6 Å². The first-order valence-electron chi connectivity index (χ1n) is 7.88. The maximum Gasteiger partial charge on any atom is 0.328 e. The molecule has 2 aromatic carbocycles. The highest BCUT2D eigenvalue weighted by Gasteiger charge is 2.13. The number of ketones is 1. The van der Waals surface area contributed by atoms with Gasteiger partial charge in [-0.25, -0.2) is 9.78 Å². The molecule has 0 amide bonds. The topological polar surface area (TPSA) is 113 Å². The summed E-state index contributed by atoms with van der Waals surface area (Å²) in [6, 6.07) is 13.5. The van der Waals surface area contributed by atoms with Crippen molar-refractivity contribution in [3.8, 4) is 11.5 Å². The summed E-state index contributed by atoms with van der Waals surface area (Å²) in [7, 11) is 1.51. The van der Waals surface area contributed by atoms with E-state index in [2.05, 4.69) is 9.97 Å². The second-order valence-corrected chi connectivity index (χ2v) is 5.24. The first kappa shape index (κ1) is 19.5. The molecule has 0 unspecified atom stereocenters. The minimum absolute atomic E-state index is 0.0711. The van der Waals surface area contributed by atoms with Gasteiger partial charge in [0, 0.05) is 23.9 Å². The van der Waals surface area contributed by atoms with Crippen molar-refractivity contribution in [1.82, 2.24) is 9.97 Å². The van der Waals surface area contributed by atoms with Crippen molar-refractivity contribution in [2.45, 2.75) is 0 Å². The Morgan fingerprint density at radius 2 is 1.89 bits per heavy atom. The minimum Gasteiger partial charge on any atom is -0.507 e. The number of aromatic nitrogens is 2. The maximum absolute atomic E-state index is 12.1. The maximum atomic E-state index is 12.1. The number of aromatic hydroxyl groups is 1. The van der Waals surface area contributed by atoms with Crippen LogP contribution >= 0.6 is 0 Å². The molecule has 7 heteroatoms. The summed E-state index contributed by atoms with van der Waals surface area (Å²) < 4.78 is 4.96. The first-order chi connectivity index (χ1) is 13.0. The van der Waals surface area contributed by atoms with Gasteiger partial charge in [-0.15, -0.1) is 0 Å². The summed E-state index contributed by atoms with van der Waals surface area (Å²) in [4.78, 5) is 28.5. The van der Waals surface area contributed by atoms with Crippen molar-refractivity contribution >= 4 is 17.8 Å². The molecule has 0 atom stereocenters. The zero-order valence-corrected chi connectivity index (χ0v) is 14.5. The molecular formula is C20H18N2O5. The summed E-state index contributed by atoms with van der Waals surface area (Å²) in [6.07, 6.45) is 5.55. The second kappa shape index (κ2) is 9.57. The lowest BCUT2D eigenvalue weighted by atomic mass is 10.0. The number of benzene rings is 2. The number of rotatable bonds is 5. The number of carbonyl (C=O) groups is 2. The van der Waals surface area contributed by atoms with Gasteiger partial charge in [0.25, 0.3) is 0 Å². The van der Waals surface area contributed by atoms with E-state index < -0.39 is 5.97 Å². The average Bonchev–Trinajstić information content (AvgIpc) is 3.20. The van der Waals surface area contributed by atoms with Crippen molar-refractivity contribution in [2.24, 2.45) is 0 Å². The summed E-state index contributed by atoms with van der Waals surface area (Å²) in [5.41, 5.74) is 1.44.